The van der Waals surface area contributed by atoms with Gasteiger partial charge in [0.1, 0.15) is 5.82 Å². The van der Waals surface area contributed by atoms with Gasteiger partial charge in [0, 0.05) is 50.4 Å². The Bertz CT molecular complexity index is 467. The number of anilines is 1. The Morgan fingerprint density at radius 2 is 2.14 bits per heavy atom. The van der Waals surface area contributed by atoms with E-state index in [1.165, 1.54) is 5.56 Å². The van der Waals surface area contributed by atoms with E-state index in [1.54, 1.807) is 7.05 Å². The molecule has 1 aromatic heterocycles. The van der Waals surface area contributed by atoms with Crippen LogP contribution in [-0.4, -0.2) is 37.1 Å². The molecule has 5 nitrogen and oxygen atoms in total. The van der Waals surface area contributed by atoms with Crippen LogP contribution in [0.1, 0.15) is 32.3 Å². The number of pyridine rings is 1. The van der Waals surface area contributed by atoms with E-state index in [1.807, 2.05) is 12.3 Å². The van der Waals surface area contributed by atoms with Gasteiger partial charge in [0.05, 0.1) is 0 Å². The number of nitrogens with one attached hydrogen (secondary N) is 2. The number of amides is 1. The zero-order valence-electron chi connectivity index (χ0n) is 13.2. The van der Waals surface area contributed by atoms with Crippen LogP contribution in [0.25, 0.3) is 0 Å². The summed E-state index contributed by atoms with van der Waals surface area (Å²) in [5, 5.41) is 6.20. The molecule has 1 aromatic rings. The summed E-state index contributed by atoms with van der Waals surface area (Å²) in [5.74, 6) is 1.37. The lowest BCUT2D eigenvalue weighted by Gasteiger charge is -2.33. The van der Waals surface area contributed by atoms with Crippen LogP contribution in [-0.2, 0) is 11.3 Å². The van der Waals surface area contributed by atoms with Crippen LogP contribution in [0.15, 0.2) is 18.3 Å². The fourth-order valence-corrected chi connectivity index (χ4v) is 2.72. The van der Waals surface area contributed by atoms with E-state index in [4.69, 9.17) is 0 Å². The Morgan fingerprint density at radius 1 is 1.43 bits per heavy atom. The van der Waals surface area contributed by atoms with Crippen LogP contribution in [0, 0.1) is 5.92 Å². The molecule has 0 atom stereocenters. The fraction of sp³-hybridized carbons (Fsp3) is 0.625. The summed E-state index contributed by atoms with van der Waals surface area (Å²) >= 11 is 0. The molecule has 0 aliphatic carbocycles. The molecule has 5 heteroatoms. The van der Waals surface area contributed by atoms with Crippen LogP contribution in [0.2, 0.25) is 0 Å². The number of carbonyl (C=O) groups excluding carboxylic acids is 1. The molecule has 2 N–H and O–H groups in total. The molecule has 0 bridgehead atoms. The second kappa shape index (κ2) is 7.41. The number of carbonyl (C=O) groups is 1. The third-order valence-electron chi connectivity index (χ3n) is 3.98. The van der Waals surface area contributed by atoms with E-state index in [0.29, 0.717) is 6.04 Å². The van der Waals surface area contributed by atoms with Crippen LogP contribution in [0.4, 0.5) is 5.82 Å². The predicted octanol–water partition coefficient (Wildman–Crippen LogP) is 1.54. The maximum Gasteiger partial charge on any atom is 0.222 e. The quantitative estimate of drug-likeness (QED) is 0.864. The van der Waals surface area contributed by atoms with Crippen molar-refractivity contribution in [2.24, 2.45) is 5.92 Å². The average molecular weight is 290 g/mol. The zero-order chi connectivity index (χ0) is 15.2. The molecule has 116 valence electrons. The van der Waals surface area contributed by atoms with E-state index in [0.717, 1.165) is 38.3 Å². The average Bonchev–Trinajstić information content (AvgIpc) is 2.52. The molecule has 2 rings (SSSR count). The maximum atomic E-state index is 11.7. The number of hydrogen-bond acceptors (Lipinski definition) is 4. The van der Waals surface area contributed by atoms with Crippen molar-refractivity contribution in [3.8, 4) is 0 Å². The van der Waals surface area contributed by atoms with Crippen LogP contribution in [0.5, 0.6) is 0 Å². The summed E-state index contributed by atoms with van der Waals surface area (Å²) in [4.78, 5) is 18.6. The number of rotatable bonds is 5. The maximum absolute atomic E-state index is 11.7. The van der Waals surface area contributed by atoms with Crippen LogP contribution in [0.3, 0.4) is 0 Å². The van der Waals surface area contributed by atoms with E-state index in [-0.39, 0.29) is 11.8 Å². The molecule has 0 unspecified atom stereocenters. The van der Waals surface area contributed by atoms with E-state index >= 15 is 0 Å². The van der Waals surface area contributed by atoms with Gasteiger partial charge in [-0.15, -0.1) is 0 Å². The normalized spacial score (nSPS) is 16.3. The largest absolute Gasteiger partial charge is 0.359 e. The van der Waals surface area contributed by atoms with Gasteiger partial charge in [0.2, 0.25) is 5.91 Å². The van der Waals surface area contributed by atoms with Crippen LogP contribution >= 0.6 is 0 Å². The topological polar surface area (TPSA) is 57.3 Å². The Kier molecular flexibility index (Phi) is 5.56. The molecule has 0 aromatic carbocycles. The van der Waals surface area contributed by atoms with Gasteiger partial charge < -0.3 is 15.5 Å². The highest BCUT2D eigenvalue weighted by atomic mass is 16.1. The van der Waals surface area contributed by atoms with Gasteiger partial charge in [-0.3, -0.25) is 4.79 Å². The highest BCUT2D eigenvalue weighted by Crippen LogP contribution is 2.24. The Labute approximate surface area is 127 Å². The molecular formula is C16H26N4O. The fourth-order valence-electron chi connectivity index (χ4n) is 2.72. The first-order valence-electron chi connectivity index (χ1n) is 7.75. The van der Waals surface area contributed by atoms with Crippen molar-refractivity contribution in [2.75, 3.05) is 25.0 Å². The van der Waals surface area contributed by atoms with Gasteiger partial charge in [-0.25, -0.2) is 4.98 Å². The summed E-state index contributed by atoms with van der Waals surface area (Å²) in [5.41, 5.74) is 1.23. The minimum atomic E-state index is 0.146. The highest BCUT2D eigenvalue weighted by molar-refractivity contribution is 5.78. The molecule has 21 heavy (non-hydrogen) atoms. The van der Waals surface area contributed by atoms with Gasteiger partial charge in [-0.2, -0.15) is 0 Å². The number of aromatic nitrogens is 1. The van der Waals surface area contributed by atoms with E-state index < -0.39 is 0 Å². The standard InChI is InChI=1S/C16H26N4O/c1-12(2)19-11-14-5-4-8-18-15(14)20-9-6-13(7-10-20)16(21)17-3/h4-5,8,12-13,19H,6-7,9-11H2,1-3H3,(H,17,21). The van der Waals surface area contributed by atoms with Crippen molar-refractivity contribution in [1.82, 2.24) is 15.6 Å². The van der Waals surface area contributed by atoms with Crippen molar-refractivity contribution in [2.45, 2.75) is 39.3 Å². The van der Waals surface area contributed by atoms with Crippen molar-refractivity contribution in [3.63, 3.8) is 0 Å². The van der Waals surface area contributed by atoms with Gasteiger partial charge >= 0.3 is 0 Å². The first-order valence-corrected chi connectivity index (χ1v) is 7.75. The molecular weight excluding hydrogens is 264 g/mol. The zero-order valence-corrected chi connectivity index (χ0v) is 13.2. The van der Waals surface area contributed by atoms with Crippen molar-refractivity contribution >= 4 is 11.7 Å². The second-order valence-corrected chi connectivity index (χ2v) is 5.90. The highest BCUT2D eigenvalue weighted by Gasteiger charge is 2.25. The molecule has 1 aliphatic heterocycles. The summed E-state index contributed by atoms with van der Waals surface area (Å²) in [7, 11) is 1.71. The van der Waals surface area contributed by atoms with Crippen molar-refractivity contribution < 1.29 is 4.79 Å². The number of hydrogen-bond donors (Lipinski definition) is 2. The monoisotopic (exact) mass is 290 g/mol. The van der Waals surface area contributed by atoms with Gasteiger partial charge in [0.25, 0.3) is 0 Å². The van der Waals surface area contributed by atoms with Gasteiger partial charge in [-0.1, -0.05) is 19.9 Å². The first-order chi connectivity index (χ1) is 10.1. The molecule has 0 spiro atoms. The van der Waals surface area contributed by atoms with E-state index in [9.17, 15) is 4.79 Å². The lowest BCUT2D eigenvalue weighted by atomic mass is 9.95. The Morgan fingerprint density at radius 3 is 2.76 bits per heavy atom. The third kappa shape index (κ3) is 4.17. The SMILES string of the molecule is CNC(=O)C1CCN(c2ncccc2CNC(C)C)CC1. The summed E-state index contributed by atoms with van der Waals surface area (Å²) in [6.07, 6.45) is 3.64. The first kappa shape index (κ1) is 15.8. The van der Waals surface area contributed by atoms with Gasteiger partial charge in [0.15, 0.2) is 0 Å². The predicted molar refractivity (Wildman–Crippen MR) is 85.2 cm³/mol. The minimum absolute atomic E-state index is 0.146. The lowest BCUT2D eigenvalue weighted by Crippen LogP contribution is -2.40. The summed E-state index contributed by atoms with van der Waals surface area (Å²) < 4.78 is 0. The molecule has 1 amide bonds. The molecule has 0 radical (unpaired) electrons. The molecule has 2 heterocycles. The number of nitrogens with zero attached hydrogens (tertiary/aromatic N) is 2. The van der Waals surface area contributed by atoms with E-state index in [2.05, 4.69) is 40.4 Å². The van der Waals surface area contributed by atoms with Crippen molar-refractivity contribution in [3.05, 3.63) is 23.9 Å². The summed E-state index contributed by atoms with van der Waals surface area (Å²) in [6, 6.07) is 4.57. The number of piperidine rings is 1. The Hall–Kier alpha value is -1.62. The van der Waals surface area contributed by atoms with Gasteiger partial charge in [-0.05, 0) is 18.9 Å². The molecule has 1 fully saturated rings. The minimum Gasteiger partial charge on any atom is -0.359 e. The molecule has 1 saturated heterocycles. The molecule has 1 aliphatic rings. The van der Waals surface area contributed by atoms with Crippen LogP contribution < -0.4 is 15.5 Å². The van der Waals surface area contributed by atoms with Crippen molar-refractivity contribution in [1.29, 1.82) is 0 Å². The molecule has 0 saturated carbocycles. The third-order valence-corrected chi connectivity index (χ3v) is 3.98. The lowest BCUT2D eigenvalue weighted by molar-refractivity contribution is -0.125. The summed E-state index contributed by atoms with van der Waals surface area (Å²) in [6.45, 7) is 6.90. The Balaban J connectivity index is 2.01. The smallest absolute Gasteiger partial charge is 0.222 e. The second-order valence-electron chi connectivity index (χ2n) is 5.90.